The molecule has 140 heavy (non-hydrogen) atoms. The zero-order valence-electron chi connectivity index (χ0n) is 86.8. The van der Waals surface area contributed by atoms with Crippen LogP contribution >= 0.6 is 0 Å². The van der Waals surface area contributed by atoms with Crippen LogP contribution in [0.5, 0.6) is 0 Å². The molecule has 5 heterocycles. The van der Waals surface area contributed by atoms with Crippen molar-refractivity contribution in [1.82, 2.24) is 42.5 Å². The van der Waals surface area contributed by atoms with Gasteiger partial charge >= 0.3 is 0 Å². The van der Waals surface area contributed by atoms with Crippen LogP contribution in [-0.4, -0.2) is 100 Å². The van der Waals surface area contributed by atoms with Gasteiger partial charge in [-0.2, -0.15) is 0 Å². The molecule has 12 nitrogen and oxygen atoms in total. The summed E-state index contributed by atoms with van der Waals surface area (Å²) in [6.45, 7) is 12.4. The first-order valence-electron chi connectivity index (χ1n) is 58.4. The van der Waals surface area contributed by atoms with E-state index in [4.69, 9.17) is 61.5 Å². The maximum absolute atomic E-state index is 7.65. The molecule has 0 spiro atoms. The molecule has 8 N–H and O–H groups in total. The lowest BCUT2D eigenvalue weighted by Gasteiger charge is -2.53. The Bertz CT molecular complexity index is 4080. The molecule has 28 atom stereocenters. The minimum Gasteiger partial charge on any atom is -0.376 e. The van der Waals surface area contributed by atoms with Crippen LogP contribution in [-0.2, 0) is 18.9 Å². The Morgan fingerprint density at radius 3 is 0.464 bits per heavy atom. The fourth-order valence-electron chi connectivity index (χ4n) is 29.0. The quantitative estimate of drug-likeness (QED) is 0.0173. The van der Waals surface area contributed by atoms with E-state index in [-0.39, 0.29) is 168 Å². The average Bonchev–Trinajstić information content (AvgIpc) is 1.67. The minimum absolute atomic E-state index is 0.0482. The number of ether oxygens (including phenoxy) is 4. The smallest absolute Gasteiger partial charge is 0.0840 e. The molecule has 12 heteroatoms. The van der Waals surface area contributed by atoms with Crippen molar-refractivity contribution >= 4 is 0 Å². The molecule has 17 rings (SSSR count). The second-order valence-corrected chi connectivity index (χ2v) is 44.9. The molecule has 760 valence electrons. The van der Waals surface area contributed by atoms with Crippen molar-refractivity contribution in [1.29, 1.82) is 0 Å². The maximum atomic E-state index is 7.65. The van der Waals surface area contributed by atoms with E-state index >= 15 is 0 Å². The van der Waals surface area contributed by atoms with Gasteiger partial charge in [0.1, 0.15) is 0 Å². The Hall–Kier alpha value is -6.72. The van der Waals surface area contributed by atoms with E-state index in [1.165, 1.54) is 276 Å². The standard InChI is InChI=1S/C128H184N8O4/c1-5-9-13-17-21-25-29-33-37-65-85-137-105-89-101-102(90-106(105)138-86-66-38-34-30-26-22-18-14-10-6-2)122-129-121(101)131-125-117-113(97-77-57-45-58-78-97)109(93-69-49-41-50-70-93)110(94-71-51-42-52-72-94)114(98-79-59-46-60-80-98)118(117)127(135-125)133-123-103-91-107(139-87-67-39-35-31-27-23-19-15-11-7-3)108(140-88-68-40-36-32-28-24-20-16-12-8-4)92-104(103)124(130-123)134-128-120-116(100-83-63-48-64-84-100)112(96-75-55-44-56-76-96)111(95-73-53-43-54-74-95)115(99-81-61-47-62-82-99)119(120)126(132-122)136-128/h41-64,69-84,101-136H,5-40,65-68,85-92H2,1-4H3. The first-order chi connectivity index (χ1) is 69.5. The number of unbranched alkanes of at least 4 members (excludes halogenated alkanes) is 36. The molecule has 5 aliphatic heterocycles. The summed E-state index contributed by atoms with van der Waals surface area (Å²) >= 11 is 0. The van der Waals surface area contributed by atoms with E-state index in [0.29, 0.717) is 0 Å². The molecule has 28 unspecified atom stereocenters. The molecule has 9 aliphatic rings. The average molecular weight is 1900 g/mol. The molecule has 5 saturated heterocycles. The predicted molar refractivity (Wildman–Crippen MR) is 582 cm³/mol. The maximum Gasteiger partial charge on any atom is 0.0840 e. The number of rotatable bonds is 56. The van der Waals surface area contributed by atoms with Gasteiger partial charge in [-0.15, -0.1) is 0 Å². The Morgan fingerprint density at radius 1 is 0.164 bits per heavy atom. The number of hydrogen-bond acceptors (Lipinski definition) is 12. The van der Waals surface area contributed by atoms with Crippen molar-refractivity contribution in [3.63, 3.8) is 0 Å². The van der Waals surface area contributed by atoms with Gasteiger partial charge in [0.25, 0.3) is 0 Å². The summed E-state index contributed by atoms with van der Waals surface area (Å²) in [4.78, 5) is 0. The fourth-order valence-corrected chi connectivity index (χ4v) is 29.0. The SMILES string of the molecule is CCCCCCCCCCCCOC1CC2C3NC(NC4NC(NC5NC(NC6NC(N3)C3C(c7ccccc7)C(c7ccccc7)C(c7ccccc7)C(c7ccccc7)C63)C3CC(OCCCCCCCCCCCC)C(OCCCCCCCCCCCC)CC53)C3C(c5ccccc5)C(c5ccccc5)C(c5ccccc5)C(c5ccccc5)C43)C2CC1OCCCCCCCCCCCC. The summed E-state index contributed by atoms with van der Waals surface area (Å²) in [5, 5.41) is 38.7. The van der Waals surface area contributed by atoms with Crippen molar-refractivity contribution in [2.75, 3.05) is 26.4 Å². The molecular weight excluding hydrogens is 1710 g/mol. The van der Waals surface area contributed by atoms with Crippen molar-refractivity contribution < 1.29 is 18.9 Å². The molecule has 0 aromatic heterocycles. The molecule has 4 aliphatic carbocycles. The number of hydrogen-bond donors (Lipinski definition) is 8. The van der Waals surface area contributed by atoms with Gasteiger partial charge in [0.2, 0.25) is 0 Å². The van der Waals surface area contributed by atoms with Crippen LogP contribution in [0.15, 0.2) is 243 Å². The Balaban J connectivity index is 0.802. The third kappa shape index (κ3) is 27.4. The highest BCUT2D eigenvalue weighted by atomic mass is 16.5. The lowest BCUT2D eigenvalue weighted by atomic mass is 9.51. The lowest BCUT2D eigenvalue weighted by Crippen LogP contribution is -2.62. The molecule has 9 fully saturated rings. The number of benzene rings is 8. The zero-order chi connectivity index (χ0) is 95.5. The van der Waals surface area contributed by atoms with E-state index in [9.17, 15) is 0 Å². The van der Waals surface area contributed by atoms with E-state index < -0.39 is 0 Å². The van der Waals surface area contributed by atoms with E-state index in [0.717, 1.165) is 77.8 Å². The van der Waals surface area contributed by atoms with Crippen LogP contribution in [0.1, 0.15) is 402 Å². The Kier molecular flexibility index (Phi) is 42.1. The van der Waals surface area contributed by atoms with E-state index in [1.54, 1.807) is 0 Å². The molecule has 0 amide bonds. The molecular formula is C128H184N8O4. The largest absolute Gasteiger partial charge is 0.376 e. The summed E-state index contributed by atoms with van der Waals surface area (Å²) in [6.07, 6.45) is 54.4. The highest BCUT2D eigenvalue weighted by Crippen LogP contribution is 2.67. The summed E-state index contributed by atoms with van der Waals surface area (Å²) in [7, 11) is 0. The van der Waals surface area contributed by atoms with Crippen molar-refractivity contribution in [3.8, 4) is 0 Å². The Morgan fingerprint density at radius 2 is 0.300 bits per heavy atom. The van der Waals surface area contributed by atoms with Crippen molar-refractivity contribution in [3.05, 3.63) is 287 Å². The van der Waals surface area contributed by atoms with Gasteiger partial charge in [-0.05, 0) is 167 Å². The summed E-state index contributed by atoms with van der Waals surface area (Å²) in [5.74, 6) is 1.87. The fraction of sp³-hybridized carbons (Fsp3) is 0.625. The van der Waals surface area contributed by atoms with E-state index in [2.05, 4.69) is 270 Å². The van der Waals surface area contributed by atoms with Gasteiger partial charge in [-0.3, -0.25) is 42.5 Å². The van der Waals surface area contributed by atoms with Crippen LogP contribution in [0.2, 0.25) is 0 Å². The van der Waals surface area contributed by atoms with Crippen LogP contribution in [0.3, 0.4) is 0 Å². The summed E-state index contributed by atoms with van der Waals surface area (Å²) < 4.78 is 30.6. The monoisotopic (exact) mass is 1900 g/mol. The zero-order valence-corrected chi connectivity index (χ0v) is 86.8. The second kappa shape index (κ2) is 56.3. The minimum atomic E-state index is -0.150. The molecule has 8 aromatic carbocycles. The van der Waals surface area contributed by atoms with Gasteiger partial charge in [0.15, 0.2) is 0 Å². The third-order valence-corrected chi connectivity index (χ3v) is 35.7. The molecule has 8 aromatic rings. The number of fused-ring (bicyclic) bond motifs is 20. The first-order valence-corrected chi connectivity index (χ1v) is 58.4. The van der Waals surface area contributed by atoms with Crippen LogP contribution in [0.25, 0.3) is 0 Å². The van der Waals surface area contributed by atoms with Gasteiger partial charge in [-0.25, -0.2) is 0 Å². The van der Waals surface area contributed by atoms with Gasteiger partial charge in [0.05, 0.1) is 73.7 Å². The molecule has 8 bridgehead atoms. The van der Waals surface area contributed by atoms with Gasteiger partial charge in [0, 0.05) is 50.1 Å². The second-order valence-electron chi connectivity index (χ2n) is 44.9. The Labute approximate surface area is 848 Å². The normalized spacial score (nSPS) is 31.2. The topological polar surface area (TPSA) is 133 Å². The third-order valence-electron chi connectivity index (χ3n) is 35.7. The highest BCUT2D eigenvalue weighted by molar-refractivity contribution is 5.47. The molecule has 0 radical (unpaired) electrons. The lowest BCUT2D eigenvalue weighted by molar-refractivity contribution is -0.118. The highest BCUT2D eigenvalue weighted by Gasteiger charge is 2.66. The summed E-state index contributed by atoms with van der Waals surface area (Å²) in [5.41, 5.74) is 11.3. The predicted octanol–water partition coefficient (Wildman–Crippen LogP) is 29.4. The summed E-state index contributed by atoms with van der Waals surface area (Å²) in [6, 6.07) is 95.4. The van der Waals surface area contributed by atoms with Crippen LogP contribution in [0.4, 0.5) is 0 Å². The van der Waals surface area contributed by atoms with Gasteiger partial charge in [-0.1, -0.05) is 501 Å². The van der Waals surface area contributed by atoms with Crippen LogP contribution < -0.4 is 42.5 Å². The first kappa shape index (κ1) is 105. The van der Waals surface area contributed by atoms with Crippen LogP contribution in [0, 0.1) is 47.3 Å². The van der Waals surface area contributed by atoms with Gasteiger partial charge < -0.3 is 18.9 Å². The van der Waals surface area contributed by atoms with E-state index in [1.807, 2.05) is 0 Å². The molecule has 4 saturated carbocycles. The number of nitrogens with one attached hydrogen (secondary N) is 8. The van der Waals surface area contributed by atoms with Crippen molar-refractivity contribution in [2.24, 2.45) is 47.3 Å². The van der Waals surface area contributed by atoms with Crippen molar-refractivity contribution in [2.45, 2.75) is 431 Å².